The fraction of sp³-hybridized carbons (Fsp3) is 0.474. The van der Waals surface area contributed by atoms with E-state index in [0.717, 1.165) is 30.9 Å². The smallest absolute Gasteiger partial charge is 0.193 e. The molecule has 24 heavy (non-hydrogen) atoms. The van der Waals surface area contributed by atoms with Crippen LogP contribution >= 0.6 is 0 Å². The molecule has 3 N–H and O–H groups in total. The van der Waals surface area contributed by atoms with Gasteiger partial charge in [0.15, 0.2) is 5.96 Å². The highest BCUT2D eigenvalue weighted by Crippen LogP contribution is 2.27. The summed E-state index contributed by atoms with van der Waals surface area (Å²) in [5, 5.41) is 3.28. The molecular weight excluding hydrogens is 298 g/mol. The molecule has 0 saturated carbocycles. The van der Waals surface area contributed by atoms with Crippen LogP contribution in [0.3, 0.4) is 0 Å². The van der Waals surface area contributed by atoms with Crippen LogP contribution in [0.1, 0.15) is 43.6 Å². The largest absolute Gasteiger partial charge is 0.370 e. The van der Waals surface area contributed by atoms with E-state index in [4.69, 9.17) is 5.73 Å². The lowest BCUT2D eigenvalue weighted by molar-refractivity contribution is 0.507. The zero-order valence-corrected chi connectivity index (χ0v) is 14.6. The van der Waals surface area contributed by atoms with Crippen molar-refractivity contribution in [1.82, 2.24) is 9.55 Å². The second-order valence-corrected chi connectivity index (χ2v) is 6.87. The van der Waals surface area contributed by atoms with Crippen molar-refractivity contribution in [3.05, 3.63) is 47.5 Å². The average molecular weight is 325 g/mol. The van der Waals surface area contributed by atoms with Crippen LogP contribution in [0.2, 0.25) is 0 Å². The van der Waals surface area contributed by atoms with E-state index in [-0.39, 0.29) is 0 Å². The maximum absolute atomic E-state index is 6.11. The minimum Gasteiger partial charge on any atom is -0.370 e. The number of hydrogen-bond acceptors (Lipinski definition) is 2. The Morgan fingerprint density at radius 1 is 1.33 bits per heavy atom. The lowest BCUT2D eigenvalue weighted by Gasteiger charge is -2.19. The average Bonchev–Trinajstić information content (AvgIpc) is 3.00. The first-order valence-electron chi connectivity index (χ1n) is 8.81. The van der Waals surface area contributed by atoms with Crippen LogP contribution in [0.4, 0.5) is 5.69 Å². The van der Waals surface area contributed by atoms with Gasteiger partial charge < -0.3 is 15.6 Å². The standard InChI is InChI=1S/C19H27N5/c1-14(2)13-24-11-10-21-18(24)12-22-19(20)23-17-9-5-7-15-6-3-4-8-16(15)17/h5,7,9-11,14H,3-4,6,8,12-13H2,1-2H3,(H3,20,22,23). The molecule has 1 aromatic heterocycles. The molecule has 1 aliphatic carbocycles. The minimum atomic E-state index is 0.452. The first-order valence-corrected chi connectivity index (χ1v) is 8.81. The molecule has 0 radical (unpaired) electrons. The summed E-state index contributed by atoms with van der Waals surface area (Å²) < 4.78 is 2.14. The van der Waals surface area contributed by atoms with E-state index >= 15 is 0 Å². The second kappa shape index (κ2) is 7.51. The molecule has 0 atom stereocenters. The third-order valence-corrected chi connectivity index (χ3v) is 4.41. The summed E-state index contributed by atoms with van der Waals surface area (Å²) in [5.74, 6) is 1.98. The molecule has 0 bridgehead atoms. The van der Waals surface area contributed by atoms with Crippen LogP contribution in [0.15, 0.2) is 35.6 Å². The highest BCUT2D eigenvalue weighted by atomic mass is 15.1. The van der Waals surface area contributed by atoms with Crippen LogP contribution in [0, 0.1) is 5.92 Å². The number of rotatable bonds is 5. The van der Waals surface area contributed by atoms with E-state index in [1.807, 2.05) is 12.4 Å². The molecule has 0 saturated heterocycles. The van der Waals surface area contributed by atoms with Gasteiger partial charge in [-0.05, 0) is 48.8 Å². The van der Waals surface area contributed by atoms with E-state index < -0.39 is 0 Å². The van der Waals surface area contributed by atoms with E-state index in [2.05, 4.69) is 51.9 Å². The predicted molar refractivity (Wildman–Crippen MR) is 99.1 cm³/mol. The summed E-state index contributed by atoms with van der Waals surface area (Å²) in [6, 6.07) is 6.40. The van der Waals surface area contributed by atoms with Crippen molar-refractivity contribution in [3.63, 3.8) is 0 Å². The molecule has 5 nitrogen and oxygen atoms in total. The highest BCUT2D eigenvalue weighted by molar-refractivity contribution is 5.93. The van der Waals surface area contributed by atoms with Crippen molar-refractivity contribution in [2.24, 2.45) is 16.6 Å². The van der Waals surface area contributed by atoms with E-state index in [0.29, 0.717) is 18.4 Å². The van der Waals surface area contributed by atoms with Crippen LogP contribution in [-0.2, 0) is 25.9 Å². The number of fused-ring (bicyclic) bond motifs is 1. The normalized spacial score (nSPS) is 14.7. The van der Waals surface area contributed by atoms with E-state index in [1.165, 1.54) is 24.0 Å². The number of nitrogens with one attached hydrogen (secondary N) is 1. The fourth-order valence-electron chi connectivity index (χ4n) is 3.28. The molecule has 3 rings (SSSR count). The second-order valence-electron chi connectivity index (χ2n) is 6.87. The zero-order valence-electron chi connectivity index (χ0n) is 14.6. The molecule has 0 unspecified atom stereocenters. The Kier molecular flexibility index (Phi) is 5.18. The van der Waals surface area contributed by atoms with Crippen LogP contribution in [0.5, 0.6) is 0 Å². The van der Waals surface area contributed by atoms with Gasteiger partial charge in [0.05, 0.1) is 0 Å². The number of nitrogens with two attached hydrogens (primary N) is 1. The molecule has 0 fully saturated rings. The molecule has 2 aromatic rings. The van der Waals surface area contributed by atoms with Crippen molar-refractivity contribution in [2.75, 3.05) is 5.32 Å². The van der Waals surface area contributed by atoms with Gasteiger partial charge in [0, 0.05) is 24.6 Å². The summed E-state index contributed by atoms with van der Waals surface area (Å²) in [5.41, 5.74) is 10.0. The van der Waals surface area contributed by atoms with Gasteiger partial charge in [-0.2, -0.15) is 0 Å². The number of hydrogen-bond donors (Lipinski definition) is 2. The number of guanidine groups is 1. The van der Waals surface area contributed by atoms with Gasteiger partial charge in [0.1, 0.15) is 12.4 Å². The van der Waals surface area contributed by atoms with Gasteiger partial charge in [-0.1, -0.05) is 26.0 Å². The molecule has 1 aromatic carbocycles. The van der Waals surface area contributed by atoms with Gasteiger partial charge in [0.25, 0.3) is 0 Å². The Labute approximate surface area is 144 Å². The molecule has 5 heteroatoms. The Morgan fingerprint density at radius 3 is 3.00 bits per heavy atom. The SMILES string of the molecule is CC(C)Cn1ccnc1CN=C(N)Nc1cccc2c1CCCC2. The first-order chi connectivity index (χ1) is 11.6. The maximum atomic E-state index is 6.11. The van der Waals surface area contributed by atoms with Crippen LogP contribution < -0.4 is 11.1 Å². The summed E-state index contributed by atoms with van der Waals surface area (Å²) in [4.78, 5) is 8.87. The predicted octanol–water partition coefficient (Wildman–Crippen LogP) is 3.34. The summed E-state index contributed by atoms with van der Waals surface area (Å²) in [6.07, 6.45) is 8.62. The topological polar surface area (TPSA) is 68.2 Å². The number of nitrogens with zero attached hydrogens (tertiary/aromatic N) is 3. The monoisotopic (exact) mass is 325 g/mol. The molecule has 0 aliphatic heterocycles. The molecule has 1 aliphatic rings. The summed E-state index contributed by atoms with van der Waals surface area (Å²) >= 11 is 0. The van der Waals surface area contributed by atoms with Gasteiger partial charge in [-0.3, -0.25) is 0 Å². The third kappa shape index (κ3) is 3.96. The third-order valence-electron chi connectivity index (χ3n) is 4.41. The molecular formula is C19H27N5. The van der Waals surface area contributed by atoms with E-state index in [9.17, 15) is 0 Å². The van der Waals surface area contributed by atoms with Gasteiger partial charge in [-0.25, -0.2) is 9.98 Å². The number of aliphatic imine (C=N–C) groups is 1. The first kappa shape index (κ1) is 16.6. The van der Waals surface area contributed by atoms with Crippen molar-refractivity contribution >= 4 is 11.6 Å². The Balaban J connectivity index is 1.68. The summed E-state index contributed by atoms with van der Waals surface area (Å²) in [6.45, 7) is 5.83. The van der Waals surface area contributed by atoms with Gasteiger partial charge in [-0.15, -0.1) is 0 Å². The number of imidazole rings is 1. The van der Waals surface area contributed by atoms with Crippen molar-refractivity contribution < 1.29 is 0 Å². The molecule has 0 spiro atoms. The Bertz CT molecular complexity index is 714. The molecule has 128 valence electrons. The fourth-order valence-corrected chi connectivity index (χ4v) is 3.28. The quantitative estimate of drug-likeness (QED) is 0.654. The number of aromatic nitrogens is 2. The zero-order chi connectivity index (χ0) is 16.9. The van der Waals surface area contributed by atoms with Crippen molar-refractivity contribution in [3.8, 4) is 0 Å². The van der Waals surface area contributed by atoms with Gasteiger partial charge >= 0.3 is 0 Å². The number of aryl methyl sites for hydroxylation is 1. The van der Waals surface area contributed by atoms with Gasteiger partial charge in [0.2, 0.25) is 0 Å². The number of benzene rings is 1. The molecule has 0 amide bonds. The lowest BCUT2D eigenvalue weighted by atomic mass is 9.90. The van der Waals surface area contributed by atoms with Crippen molar-refractivity contribution in [1.29, 1.82) is 0 Å². The summed E-state index contributed by atoms with van der Waals surface area (Å²) in [7, 11) is 0. The van der Waals surface area contributed by atoms with E-state index in [1.54, 1.807) is 0 Å². The number of anilines is 1. The minimum absolute atomic E-state index is 0.452. The maximum Gasteiger partial charge on any atom is 0.193 e. The Morgan fingerprint density at radius 2 is 2.17 bits per heavy atom. The Hall–Kier alpha value is -2.30. The van der Waals surface area contributed by atoms with Crippen molar-refractivity contribution in [2.45, 2.75) is 52.6 Å². The van der Waals surface area contributed by atoms with Crippen LogP contribution in [-0.4, -0.2) is 15.5 Å². The lowest BCUT2D eigenvalue weighted by Crippen LogP contribution is -2.24. The van der Waals surface area contributed by atoms with Crippen LogP contribution in [0.25, 0.3) is 0 Å². The highest BCUT2D eigenvalue weighted by Gasteiger charge is 2.13. The molecule has 1 heterocycles.